The number of halogens is 3. The number of nitrogens with one attached hydrogen (secondary N) is 2. The monoisotopic (exact) mass is 277 g/mol. The molecule has 8 heteroatoms. The normalized spacial score (nSPS) is 14.6. The first-order valence-corrected chi connectivity index (χ1v) is 5.39. The van der Waals surface area contributed by atoms with E-state index < -0.39 is 24.2 Å². The van der Waals surface area contributed by atoms with E-state index in [2.05, 4.69) is 10.3 Å². The van der Waals surface area contributed by atoms with Crippen LogP contribution in [0.15, 0.2) is 18.3 Å². The van der Waals surface area contributed by atoms with Gasteiger partial charge in [0.2, 0.25) is 0 Å². The number of pyridine rings is 1. The summed E-state index contributed by atoms with van der Waals surface area (Å²) in [4.78, 5) is 15.6. The smallest absolute Gasteiger partial charge is 0.379 e. The van der Waals surface area contributed by atoms with Crippen molar-refractivity contribution in [2.45, 2.75) is 18.7 Å². The van der Waals surface area contributed by atoms with Gasteiger partial charge in [-0.1, -0.05) is 0 Å². The minimum atomic E-state index is -4.82. The molecule has 0 aliphatic heterocycles. The number of aromatic nitrogens is 1. The van der Waals surface area contributed by atoms with E-state index in [1.165, 1.54) is 25.4 Å². The van der Waals surface area contributed by atoms with Gasteiger partial charge in [-0.3, -0.25) is 4.79 Å². The molecule has 1 aromatic rings. The van der Waals surface area contributed by atoms with Gasteiger partial charge in [-0.15, -0.1) is 0 Å². The number of amides is 1. The summed E-state index contributed by atoms with van der Waals surface area (Å²) in [5.74, 6) is -0.506. The van der Waals surface area contributed by atoms with Crippen molar-refractivity contribution in [3.05, 3.63) is 23.9 Å². The zero-order chi connectivity index (χ0) is 14.7. The van der Waals surface area contributed by atoms with E-state index in [0.29, 0.717) is 6.92 Å². The summed E-state index contributed by atoms with van der Waals surface area (Å²) < 4.78 is 37.2. The Morgan fingerprint density at radius 2 is 2.11 bits per heavy atom. The maximum Gasteiger partial charge on any atom is 0.418 e. The summed E-state index contributed by atoms with van der Waals surface area (Å²) in [6, 6.07) is 2.90. The van der Waals surface area contributed by atoms with Gasteiger partial charge in [-0.25, -0.2) is 4.98 Å². The van der Waals surface area contributed by atoms with E-state index in [1.807, 2.05) is 5.32 Å². The third-order valence-corrected chi connectivity index (χ3v) is 2.49. The van der Waals surface area contributed by atoms with Crippen molar-refractivity contribution >= 4 is 11.7 Å². The van der Waals surface area contributed by atoms with Gasteiger partial charge in [0, 0.05) is 13.2 Å². The third-order valence-electron chi connectivity index (χ3n) is 2.49. The lowest BCUT2D eigenvalue weighted by molar-refractivity contribution is -0.249. The molecule has 106 valence electrons. The summed E-state index contributed by atoms with van der Waals surface area (Å²) in [7, 11) is 1.53. The molecule has 0 saturated heterocycles. The molecule has 1 rings (SSSR count). The fraction of sp³-hybridized carbons (Fsp3) is 0.455. The fourth-order valence-electron chi connectivity index (χ4n) is 1.24. The van der Waals surface area contributed by atoms with E-state index in [9.17, 15) is 23.1 Å². The zero-order valence-corrected chi connectivity index (χ0v) is 10.4. The van der Waals surface area contributed by atoms with Crippen LogP contribution < -0.4 is 10.6 Å². The highest BCUT2D eigenvalue weighted by molar-refractivity contribution is 5.98. The van der Waals surface area contributed by atoms with Crippen molar-refractivity contribution in [1.29, 1.82) is 0 Å². The molecule has 0 aliphatic carbocycles. The number of hydrogen-bond acceptors (Lipinski definition) is 4. The first-order valence-electron chi connectivity index (χ1n) is 5.39. The summed E-state index contributed by atoms with van der Waals surface area (Å²) in [5, 5.41) is 13.9. The minimum absolute atomic E-state index is 0.1000. The number of alkyl halides is 3. The maximum atomic E-state index is 12.4. The predicted molar refractivity (Wildman–Crippen MR) is 62.8 cm³/mol. The minimum Gasteiger partial charge on any atom is -0.379 e. The van der Waals surface area contributed by atoms with Gasteiger partial charge in [0.15, 0.2) is 5.60 Å². The number of anilines is 1. The molecule has 0 aliphatic rings. The highest BCUT2D eigenvalue weighted by atomic mass is 19.4. The standard InChI is InChI=1S/C11H14F3N3O2/c1-10(19,11(12,13)14)6-17-9(18)7-4-3-5-16-8(7)15-2/h3-5,19H,6H2,1-2H3,(H,15,16)(H,17,18)/t10-/m0/s1. The molecule has 0 bridgehead atoms. The Kier molecular flexibility index (Phi) is 4.35. The Morgan fingerprint density at radius 3 is 2.63 bits per heavy atom. The Balaban J connectivity index is 2.76. The van der Waals surface area contributed by atoms with E-state index in [-0.39, 0.29) is 11.4 Å². The molecule has 5 nitrogen and oxygen atoms in total. The van der Waals surface area contributed by atoms with Crippen molar-refractivity contribution in [2.75, 3.05) is 18.9 Å². The van der Waals surface area contributed by atoms with Gasteiger partial charge in [0.1, 0.15) is 5.82 Å². The molecule has 1 heterocycles. The van der Waals surface area contributed by atoms with Crippen molar-refractivity contribution in [3.63, 3.8) is 0 Å². The lowest BCUT2D eigenvalue weighted by atomic mass is 10.1. The molecular weight excluding hydrogens is 263 g/mol. The van der Waals surface area contributed by atoms with Crippen molar-refractivity contribution in [3.8, 4) is 0 Å². The predicted octanol–water partition coefficient (Wildman–Crippen LogP) is 1.17. The third kappa shape index (κ3) is 3.57. The first kappa shape index (κ1) is 15.2. The molecule has 0 saturated carbocycles. The van der Waals surface area contributed by atoms with Gasteiger partial charge < -0.3 is 15.7 Å². The zero-order valence-electron chi connectivity index (χ0n) is 10.4. The molecule has 0 spiro atoms. The molecule has 1 aromatic heterocycles. The Hall–Kier alpha value is -1.83. The molecule has 0 unspecified atom stereocenters. The second-order valence-electron chi connectivity index (χ2n) is 4.10. The topological polar surface area (TPSA) is 74.2 Å². The van der Waals surface area contributed by atoms with Crippen LogP contribution in [0.25, 0.3) is 0 Å². The number of carbonyl (C=O) groups is 1. The van der Waals surface area contributed by atoms with Crippen molar-refractivity contribution in [2.24, 2.45) is 0 Å². The molecule has 0 fully saturated rings. The van der Waals surface area contributed by atoms with Gasteiger partial charge in [0.25, 0.3) is 5.91 Å². The second kappa shape index (κ2) is 5.43. The summed E-state index contributed by atoms with van der Waals surface area (Å²) in [5.41, 5.74) is -2.88. The summed E-state index contributed by atoms with van der Waals surface area (Å²) >= 11 is 0. The van der Waals surface area contributed by atoms with Crippen LogP contribution in [-0.4, -0.2) is 41.4 Å². The molecule has 0 aromatic carbocycles. The van der Waals surface area contributed by atoms with E-state index in [4.69, 9.17) is 0 Å². The van der Waals surface area contributed by atoms with E-state index in [1.54, 1.807) is 0 Å². The number of rotatable bonds is 4. The summed E-state index contributed by atoms with van der Waals surface area (Å²) in [6.07, 6.45) is -3.38. The molecule has 0 radical (unpaired) electrons. The number of carbonyl (C=O) groups excluding carboxylic acids is 1. The molecule has 3 N–H and O–H groups in total. The quantitative estimate of drug-likeness (QED) is 0.772. The van der Waals surface area contributed by atoms with Crippen LogP contribution in [0.1, 0.15) is 17.3 Å². The first-order chi connectivity index (χ1) is 8.69. The van der Waals surface area contributed by atoms with Crippen LogP contribution in [0.2, 0.25) is 0 Å². The lowest BCUT2D eigenvalue weighted by Crippen LogP contribution is -2.51. The number of aliphatic hydroxyl groups is 1. The van der Waals surface area contributed by atoms with Crippen LogP contribution in [0.3, 0.4) is 0 Å². The highest BCUT2D eigenvalue weighted by Gasteiger charge is 2.49. The average Bonchev–Trinajstić information content (AvgIpc) is 2.34. The van der Waals surface area contributed by atoms with Crippen LogP contribution in [0.4, 0.5) is 19.0 Å². The highest BCUT2D eigenvalue weighted by Crippen LogP contribution is 2.29. The van der Waals surface area contributed by atoms with E-state index in [0.717, 1.165) is 0 Å². The Labute approximate surface area is 107 Å². The maximum absolute atomic E-state index is 12.4. The molecular formula is C11H14F3N3O2. The lowest BCUT2D eigenvalue weighted by Gasteiger charge is -2.26. The SMILES string of the molecule is CNc1ncccc1C(=O)NC[C@](C)(O)C(F)(F)F. The second-order valence-corrected chi connectivity index (χ2v) is 4.10. The van der Waals surface area contributed by atoms with Gasteiger partial charge in [0.05, 0.1) is 12.1 Å². The van der Waals surface area contributed by atoms with Gasteiger partial charge >= 0.3 is 6.18 Å². The summed E-state index contributed by atoms with van der Waals surface area (Å²) in [6.45, 7) is -0.344. The van der Waals surface area contributed by atoms with Crippen molar-refractivity contribution in [1.82, 2.24) is 10.3 Å². The average molecular weight is 277 g/mol. The van der Waals surface area contributed by atoms with Gasteiger partial charge in [-0.2, -0.15) is 13.2 Å². The Morgan fingerprint density at radius 1 is 1.47 bits per heavy atom. The van der Waals surface area contributed by atoms with Crippen LogP contribution in [-0.2, 0) is 0 Å². The molecule has 19 heavy (non-hydrogen) atoms. The number of hydrogen-bond donors (Lipinski definition) is 3. The Bertz CT molecular complexity index is 461. The largest absolute Gasteiger partial charge is 0.418 e. The van der Waals surface area contributed by atoms with Crippen LogP contribution in [0.5, 0.6) is 0 Å². The van der Waals surface area contributed by atoms with E-state index >= 15 is 0 Å². The van der Waals surface area contributed by atoms with Crippen LogP contribution >= 0.6 is 0 Å². The number of nitrogens with zero attached hydrogens (tertiary/aromatic N) is 1. The van der Waals surface area contributed by atoms with Gasteiger partial charge in [-0.05, 0) is 19.1 Å². The van der Waals surface area contributed by atoms with Crippen LogP contribution in [0, 0.1) is 0 Å². The molecule has 1 amide bonds. The molecule has 1 atom stereocenters. The van der Waals surface area contributed by atoms with Crippen molar-refractivity contribution < 1.29 is 23.1 Å². The fourth-order valence-corrected chi connectivity index (χ4v) is 1.24.